The van der Waals surface area contributed by atoms with Gasteiger partial charge >= 0.3 is 0 Å². The highest BCUT2D eigenvalue weighted by Crippen LogP contribution is 2.40. The predicted molar refractivity (Wildman–Crippen MR) is 52.3 cm³/mol. The van der Waals surface area contributed by atoms with Crippen LogP contribution < -0.4 is 0 Å². The molecule has 0 N–H and O–H groups in total. The fraction of sp³-hybridized carbons (Fsp3) is 0.600. The summed E-state index contributed by atoms with van der Waals surface area (Å²) in [6.07, 6.45) is 7.21. The molecule has 1 fully saturated rings. The zero-order valence-corrected chi connectivity index (χ0v) is 8.31. The summed E-state index contributed by atoms with van der Waals surface area (Å²) in [6, 6.07) is 2.48. The first kappa shape index (κ1) is 8.71. The zero-order chi connectivity index (χ0) is 9.15. The molecule has 0 saturated heterocycles. The fourth-order valence-corrected chi connectivity index (χ4v) is 2.77. The van der Waals surface area contributed by atoms with Crippen molar-refractivity contribution in [3.63, 3.8) is 0 Å². The van der Waals surface area contributed by atoms with E-state index < -0.39 is 0 Å². The van der Waals surface area contributed by atoms with Crippen LogP contribution in [0.4, 0.5) is 0 Å². The predicted octanol–water partition coefficient (Wildman–Crippen LogP) is 2.77. The maximum absolute atomic E-state index is 9.14. The summed E-state index contributed by atoms with van der Waals surface area (Å²) in [7, 11) is 0. The Bertz CT molecular complexity index is 304. The molecule has 0 spiro atoms. The van der Waals surface area contributed by atoms with Crippen LogP contribution in [0.5, 0.6) is 0 Å². The van der Waals surface area contributed by atoms with Gasteiger partial charge in [-0.3, -0.25) is 0 Å². The third-order valence-electron chi connectivity index (χ3n) is 2.77. The van der Waals surface area contributed by atoms with Gasteiger partial charge in [-0.2, -0.15) is 5.26 Å². The molecule has 0 bridgehead atoms. The Balaban J connectivity index is 2.11. The summed E-state index contributed by atoms with van der Waals surface area (Å²) in [5, 5.41) is 12.2. The normalized spacial score (nSPS) is 19.9. The van der Waals surface area contributed by atoms with Gasteiger partial charge in [-0.25, -0.2) is 4.98 Å². The first-order valence-corrected chi connectivity index (χ1v) is 5.52. The lowest BCUT2D eigenvalue weighted by Gasteiger charge is -2.17. The molecule has 1 aromatic heterocycles. The molecular formula is C10H12N2S. The Labute approximate surface area is 82.2 Å². The molecule has 1 aliphatic rings. The minimum Gasteiger partial charge on any atom is -0.250 e. The molecule has 3 heteroatoms. The number of nitrogens with zero attached hydrogens (tertiary/aromatic N) is 2. The quantitative estimate of drug-likeness (QED) is 0.722. The lowest BCUT2D eigenvalue weighted by Crippen LogP contribution is -2.16. The monoisotopic (exact) mass is 192 g/mol. The number of aromatic nitrogens is 1. The van der Waals surface area contributed by atoms with Crippen LogP contribution in [-0.2, 0) is 6.42 Å². The lowest BCUT2D eigenvalue weighted by atomic mass is 9.85. The number of thiazole rings is 1. The van der Waals surface area contributed by atoms with Gasteiger partial charge in [0.1, 0.15) is 0 Å². The van der Waals surface area contributed by atoms with Crippen molar-refractivity contribution in [2.24, 2.45) is 5.41 Å². The van der Waals surface area contributed by atoms with E-state index in [9.17, 15) is 0 Å². The van der Waals surface area contributed by atoms with E-state index in [4.69, 9.17) is 5.26 Å². The summed E-state index contributed by atoms with van der Waals surface area (Å²) in [5.41, 5.74) is -0.0855. The van der Waals surface area contributed by atoms with Crippen molar-refractivity contribution in [2.45, 2.75) is 32.1 Å². The van der Waals surface area contributed by atoms with Crippen LogP contribution in [0.3, 0.4) is 0 Å². The number of hydrogen-bond acceptors (Lipinski definition) is 3. The van der Waals surface area contributed by atoms with Crippen molar-refractivity contribution in [3.8, 4) is 6.07 Å². The highest BCUT2D eigenvalue weighted by molar-refractivity contribution is 7.09. The van der Waals surface area contributed by atoms with E-state index in [1.165, 1.54) is 12.8 Å². The van der Waals surface area contributed by atoms with Crippen LogP contribution in [0.25, 0.3) is 0 Å². The topological polar surface area (TPSA) is 36.7 Å². The van der Waals surface area contributed by atoms with Crippen molar-refractivity contribution < 1.29 is 0 Å². The maximum atomic E-state index is 9.14. The molecule has 13 heavy (non-hydrogen) atoms. The van der Waals surface area contributed by atoms with Gasteiger partial charge in [-0.1, -0.05) is 12.8 Å². The van der Waals surface area contributed by atoms with E-state index in [0.717, 1.165) is 24.3 Å². The van der Waals surface area contributed by atoms with Crippen LogP contribution >= 0.6 is 11.3 Å². The fourth-order valence-electron chi connectivity index (χ4n) is 2.01. The van der Waals surface area contributed by atoms with Crippen LogP contribution in [0, 0.1) is 16.7 Å². The lowest BCUT2D eigenvalue weighted by molar-refractivity contribution is 0.407. The Morgan fingerprint density at radius 1 is 1.54 bits per heavy atom. The Hall–Kier alpha value is -0.880. The highest BCUT2D eigenvalue weighted by atomic mass is 32.1. The second-order valence-electron chi connectivity index (χ2n) is 3.70. The van der Waals surface area contributed by atoms with Crippen molar-refractivity contribution in [1.82, 2.24) is 4.98 Å². The molecule has 1 aromatic rings. The number of nitriles is 1. The van der Waals surface area contributed by atoms with Crippen molar-refractivity contribution >= 4 is 11.3 Å². The van der Waals surface area contributed by atoms with Gasteiger partial charge in [0.25, 0.3) is 0 Å². The summed E-state index contributed by atoms with van der Waals surface area (Å²) in [5.74, 6) is 0. The second-order valence-corrected chi connectivity index (χ2v) is 4.68. The minimum absolute atomic E-state index is 0.0855. The van der Waals surface area contributed by atoms with E-state index >= 15 is 0 Å². The maximum Gasteiger partial charge on any atom is 0.0940 e. The molecule has 0 amide bonds. The van der Waals surface area contributed by atoms with Crippen molar-refractivity contribution in [2.75, 3.05) is 0 Å². The van der Waals surface area contributed by atoms with Crippen LogP contribution in [0.15, 0.2) is 11.6 Å². The average Bonchev–Trinajstić information content (AvgIpc) is 2.77. The van der Waals surface area contributed by atoms with E-state index in [-0.39, 0.29) is 5.41 Å². The van der Waals surface area contributed by atoms with E-state index in [1.807, 2.05) is 11.6 Å². The van der Waals surface area contributed by atoms with Crippen LogP contribution in [0.1, 0.15) is 30.7 Å². The molecule has 0 aliphatic heterocycles. The summed E-state index contributed by atoms with van der Waals surface area (Å²) < 4.78 is 0. The third kappa shape index (κ3) is 1.73. The summed E-state index contributed by atoms with van der Waals surface area (Å²) in [4.78, 5) is 4.24. The Morgan fingerprint density at radius 3 is 2.85 bits per heavy atom. The second kappa shape index (κ2) is 3.47. The van der Waals surface area contributed by atoms with Crippen LogP contribution in [0.2, 0.25) is 0 Å². The number of hydrogen-bond donors (Lipinski definition) is 0. The van der Waals surface area contributed by atoms with Gasteiger partial charge in [0.15, 0.2) is 0 Å². The summed E-state index contributed by atoms with van der Waals surface area (Å²) >= 11 is 1.66. The zero-order valence-electron chi connectivity index (χ0n) is 7.49. The van der Waals surface area contributed by atoms with Gasteiger partial charge < -0.3 is 0 Å². The molecular weight excluding hydrogens is 180 g/mol. The minimum atomic E-state index is -0.0855. The Kier molecular flexibility index (Phi) is 2.32. The molecule has 0 aromatic carbocycles. The van der Waals surface area contributed by atoms with Gasteiger partial charge in [-0.15, -0.1) is 11.3 Å². The first-order chi connectivity index (χ1) is 6.35. The molecule has 1 aliphatic carbocycles. The van der Waals surface area contributed by atoms with Gasteiger partial charge in [0.05, 0.1) is 16.5 Å². The summed E-state index contributed by atoms with van der Waals surface area (Å²) in [6.45, 7) is 0. The first-order valence-electron chi connectivity index (χ1n) is 4.64. The smallest absolute Gasteiger partial charge is 0.0940 e. The molecule has 1 heterocycles. The molecule has 1 saturated carbocycles. The molecule has 2 nitrogen and oxygen atoms in total. The van der Waals surface area contributed by atoms with Gasteiger partial charge in [0, 0.05) is 18.0 Å². The molecule has 0 atom stereocenters. The number of rotatable bonds is 2. The Morgan fingerprint density at radius 2 is 2.31 bits per heavy atom. The largest absolute Gasteiger partial charge is 0.250 e. The van der Waals surface area contributed by atoms with Crippen molar-refractivity contribution in [3.05, 3.63) is 16.6 Å². The molecule has 2 rings (SSSR count). The third-order valence-corrected chi connectivity index (χ3v) is 3.55. The van der Waals surface area contributed by atoms with E-state index in [0.29, 0.717) is 0 Å². The van der Waals surface area contributed by atoms with Gasteiger partial charge in [0.2, 0.25) is 0 Å². The van der Waals surface area contributed by atoms with E-state index in [1.54, 1.807) is 11.3 Å². The average molecular weight is 192 g/mol. The highest BCUT2D eigenvalue weighted by Gasteiger charge is 2.34. The molecule has 68 valence electrons. The SMILES string of the molecule is N#CC1(Cc2nccs2)CCCC1. The van der Waals surface area contributed by atoms with E-state index in [2.05, 4.69) is 11.1 Å². The molecule has 0 radical (unpaired) electrons. The standard InChI is InChI=1S/C10H12N2S/c11-8-10(3-1-2-4-10)7-9-12-5-6-13-9/h5-6H,1-4,7H2. The molecule has 0 unspecified atom stereocenters. The van der Waals surface area contributed by atoms with Crippen molar-refractivity contribution in [1.29, 1.82) is 5.26 Å². The van der Waals surface area contributed by atoms with Crippen LogP contribution in [-0.4, -0.2) is 4.98 Å². The van der Waals surface area contributed by atoms with Gasteiger partial charge in [-0.05, 0) is 12.8 Å².